The molecule has 0 aliphatic carbocycles. The molecule has 6 nitrogen and oxygen atoms in total. The number of carbonyl (C=O) groups excluding carboxylic acids is 3. The van der Waals surface area contributed by atoms with Crippen LogP contribution in [0.2, 0.25) is 0 Å². The normalized spacial score (nSPS) is 14.3. The Morgan fingerprint density at radius 2 is 1.96 bits per heavy atom. The number of hydrogen-bond acceptors (Lipinski definition) is 5. The van der Waals surface area contributed by atoms with E-state index in [4.69, 9.17) is 4.74 Å². The van der Waals surface area contributed by atoms with E-state index in [0.29, 0.717) is 23.5 Å². The first-order chi connectivity index (χ1) is 13.5. The van der Waals surface area contributed by atoms with Crippen molar-refractivity contribution in [3.05, 3.63) is 53.6 Å². The summed E-state index contributed by atoms with van der Waals surface area (Å²) in [6.07, 6.45) is 0.388. The zero-order chi connectivity index (χ0) is 20.1. The highest BCUT2D eigenvalue weighted by atomic mass is 32.2. The van der Waals surface area contributed by atoms with Gasteiger partial charge in [0.05, 0.1) is 11.3 Å². The molecule has 0 bridgehead atoms. The number of aryl methyl sites for hydroxylation is 1. The lowest BCUT2D eigenvalue weighted by Crippen LogP contribution is -2.30. The molecule has 2 aromatic carbocycles. The van der Waals surface area contributed by atoms with Gasteiger partial charge in [-0.15, -0.1) is 11.8 Å². The second-order valence-corrected chi connectivity index (χ2v) is 7.58. The molecule has 2 N–H and O–H groups in total. The molecule has 2 amide bonds. The Morgan fingerprint density at radius 3 is 2.68 bits per heavy atom. The molecule has 1 atom stereocenters. The molecule has 7 heteroatoms. The number of esters is 1. The van der Waals surface area contributed by atoms with Crippen LogP contribution < -0.4 is 10.6 Å². The minimum Gasteiger partial charge on any atom is -0.449 e. The first-order valence-corrected chi connectivity index (χ1v) is 10.1. The van der Waals surface area contributed by atoms with Crippen molar-refractivity contribution in [1.29, 1.82) is 0 Å². The number of anilines is 2. The third-order valence-electron chi connectivity index (χ3n) is 4.36. The summed E-state index contributed by atoms with van der Waals surface area (Å²) in [7, 11) is 0. The van der Waals surface area contributed by atoms with Gasteiger partial charge in [-0.05, 0) is 49.2 Å². The molecule has 0 unspecified atom stereocenters. The summed E-state index contributed by atoms with van der Waals surface area (Å²) in [6, 6.07) is 12.5. The number of benzene rings is 2. The third kappa shape index (κ3) is 4.92. The molecular weight excluding hydrogens is 376 g/mol. The van der Waals surface area contributed by atoms with Crippen LogP contribution in [0.5, 0.6) is 0 Å². The molecule has 0 spiro atoms. The van der Waals surface area contributed by atoms with E-state index in [2.05, 4.69) is 17.6 Å². The Bertz CT molecular complexity index is 896. The first-order valence-electron chi connectivity index (χ1n) is 9.13. The zero-order valence-electron chi connectivity index (χ0n) is 15.8. The number of nitrogens with one attached hydrogen (secondary N) is 2. The zero-order valence-corrected chi connectivity index (χ0v) is 16.6. The van der Waals surface area contributed by atoms with E-state index >= 15 is 0 Å². The van der Waals surface area contributed by atoms with Crippen molar-refractivity contribution < 1.29 is 19.1 Å². The summed E-state index contributed by atoms with van der Waals surface area (Å²) in [6.45, 7) is 3.58. The van der Waals surface area contributed by atoms with Gasteiger partial charge in [0, 0.05) is 22.8 Å². The highest BCUT2D eigenvalue weighted by Gasteiger charge is 2.21. The molecule has 28 heavy (non-hydrogen) atoms. The minimum absolute atomic E-state index is 0.0846. The van der Waals surface area contributed by atoms with Crippen molar-refractivity contribution in [3.63, 3.8) is 0 Å². The van der Waals surface area contributed by atoms with Gasteiger partial charge in [-0.1, -0.05) is 19.1 Å². The molecular formula is C21H22N2O4S. The summed E-state index contributed by atoms with van der Waals surface area (Å²) in [4.78, 5) is 37.4. The largest absolute Gasteiger partial charge is 0.449 e. The van der Waals surface area contributed by atoms with Gasteiger partial charge in [0.15, 0.2) is 6.10 Å². The van der Waals surface area contributed by atoms with E-state index in [1.165, 1.54) is 12.5 Å². The molecule has 0 radical (unpaired) electrons. The van der Waals surface area contributed by atoms with Gasteiger partial charge >= 0.3 is 5.97 Å². The topological polar surface area (TPSA) is 84.5 Å². The number of hydrogen-bond donors (Lipinski definition) is 2. The van der Waals surface area contributed by atoms with Gasteiger partial charge in [0.2, 0.25) is 5.91 Å². The molecule has 3 rings (SSSR count). The van der Waals surface area contributed by atoms with Crippen LogP contribution in [0.3, 0.4) is 0 Å². The fourth-order valence-corrected chi connectivity index (χ4v) is 3.63. The summed E-state index contributed by atoms with van der Waals surface area (Å²) in [5.41, 5.74) is 2.70. The highest BCUT2D eigenvalue weighted by molar-refractivity contribution is 7.99. The number of thioether (sulfide) groups is 1. The number of amides is 2. The number of rotatable bonds is 5. The SMILES string of the molecule is CCc1ccc(NC(=O)[C@H](C)OC(=O)c2ccc3c(c2)NC(=O)CCS3)cc1. The number of ether oxygens (including phenoxy) is 1. The highest BCUT2D eigenvalue weighted by Crippen LogP contribution is 2.31. The molecule has 1 aliphatic rings. The Labute approximate surface area is 168 Å². The van der Waals surface area contributed by atoms with Gasteiger partial charge in [0.1, 0.15) is 0 Å². The Morgan fingerprint density at radius 1 is 1.21 bits per heavy atom. The molecule has 1 aliphatic heterocycles. The van der Waals surface area contributed by atoms with Crippen molar-refractivity contribution in [1.82, 2.24) is 0 Å². The van der Waals surface area contributed by atoms with E-state index in [1.54, 1.807) is 30.0 Å². The van der Waals surface area contributed by atoms with Gasteiger partial charge in [-0.25, -0.2) is 4.79 Å². The van der Waals surface area contributed by atoms with Crippen LogP contribution in [0.15, 0.2) is 47.4 Å². The molecule has 0 aromatic heterocycles. The second-order valence-electron chi connectivity index (χ2n) is 6.44. The number of fused-ring (bicyclic) bond motifs is 1. The Kier molecular flexibility index (Phi) is 6.36. The van der Waals surface area contributed by atoms with Crippen LogP contribution in [0.25, 0.3) is 0 Å². The van der Waals surface area contributed by atoms with Gasteiger partial charge in [-0.2, -0.15) is 0 Å². The lowest BCUT2D eigenvalue weighted by Gasteiger charge is -2.14. The van der Waals surface area contributed by atoms with Crippen molar-refractivity contribution in [2.75, 3.05) is 16.4 Å². The fourth-order valence-electron chi connectivity index (χ4n) is 2.70. The van der Waals surface area contributed by atoms with Crippen LogP contribution in [0.4, 0.5) is 11.4 Å². The number of carbonyl (C=O) groups is 3. The smallest absolute Gasteiger partial charge is 0.338 e. The van der Waals surface area contributed by atoms with Crippen LogP contribution in [-0.2, 0) is 20.7 Å². The molecule has 1 heterocycles. The Hall–Kier alpha value is -2.80. The predicted octanol–water partition coefficient (Wildman–Crippen LogP) is 3.87. The maximum absolute atomic E-state index is 12.4. The van der Waals surface area contributed by atoms with Crippen LogP contribution in [-0.4, -0.2) is 29.6 Å². The van der Waals surface area contributed by atoms with E-state index < -0.39 is 18.0 Å². The first kappa shape index (κ1) is 19.9. The average molecular weight is 398 g/mol. The van der Waals surface area contributed by atoms with Crippen molar-refractivity contribution >= 4 is 40.9 Å². The Balaban J connectivity index is 1.63. The minimum atomic E-state index is -0.957. The monoisotopic (exact) mass is 398 g/mol. The quantitative estimate of drug-likeness (QED) is 0.747. The van der Waals surface area contributed by atoms with E-state index in [-0.39, 0.29) is 11.5 Å². The van der Waals surface area contributed by atoms with Crippen molar-refractivity contribution in [2.45, 2.75) is 37.7 Å². The summed E-state index contributed by atoms with van der Waals surface area (Å²) in [5, 5.41) is 5.53. The molecule has 0 fully saturated rings. The molecule has 2 aromatic rings. The van der Waals surface area contributed by atoms with Crippen LogP contribution >= 0.6 is 11.8 Å². The van der Waals surface area contributed by atoms with Crippen molar-refractivity contribution in [2.24, 2.45) is 0 Å². The third-order valence-corrected chi connectivity index (χ3v) is 5.43. The van der Waals surface area contributed by atoms with Gasteiger partial charge in [0.25, 0.3) is 5.91 Å². The average Bonchev–Trinajstić information content (AvgIpc) is 2.88. The summed E-state index contributed by atoms with van der Waals surface area (Å²) in [5.74, 6) is -0.413. The molecule has 0 saturated carbocycles. The van der Waals surface area contributed by atoms with Crippen LogP contribution in [0.1, 0.15) is 36.2 Å². The second kappa shape index (κ2) is 8.93. The molecule has 0 saturated heterocycles. The maximum Gasteiger partial charge on any atom is 0.338 e. The lowest BCUT2D eigenvalue weighted by molar-refractivity contribution is -0.123. The molecule has 146 valence electrons. The maximum atomic E-state index is 12.4. The van der Waals surface area contributed by atoms with Crippen LogP contribution in [0, 0.1) is 0 Å². The fraction of sp³-hybridized carbons (Fsp3) is 0.286. The van der Waals surface area contributed by atoms with Crippen molar-refractivity contribution in [3.8, 4) is 0 Å². The standard InChI is InChI=1S/C21H22N2O4S/c1-3-14-4-7-16(8-5-14)22-20(25)13(2)27-21(26)15-6-9-18-17(12-15)23-19(24)10-11-28-18/h4-9,12-13H,3,10-11H2,1-2H3,(H,22,25)(H,23,24)/t13-/m0/s1. The van der Waals surface area contributed by atoms with Gasteiger partial charge < -0.3 is 15.4 Å². The van der Waals surface area contributed by atoms with E-state index in [9.17, 15) is 14.4 Å². The van der Waals surface area contributed by atoms with Gasteiger partial charge in [-0.3, -0.25) is 9.59 Å². The van der Waals surface area contributed by atoms with E-state index in [1.807, 2.05) is 24.3 Å². The summed E-state index contributed by atoms with van der Waals surface area (Å²) < 4.78 is 5.29. The summed E-state index contributed by atoms with van der Waals surface area (Å²) >= 11 is 1.56. The van der Waals surface area contributed by atoms with E-state index in [0.717, 1.165) is 11.3 Å². The predicted molar refractivity (Wildman–Crippen MR) is 110 cm³/mol. The lowest BCUT2D eigenvalue weighted by atomic mass is 10.1.